The molecule has 0 N–H and O–H groups in total. The van der Waals surface area contributed by atoms with Gasteiger partial charge in [0.15, 0.2) is 23.3 Å². The first-order chi connectivity index (χ1) is 15.0. The molecule has 0 amide bonds. The van der Waals surface area contributed by atoms with Crippen molar-refractivity contribution in [3.8, 4) is 11.1 Å². The number of ether oxygens (including phenoxy) is 1. The maximum absolute atomic E-state index is 15.1. The van der Waals surface area contributed by atoms with E-state index in [0.717, 1.165) is 32.1 Å². The van der Waals surface area contributed by atoms with Gasteiger partial charge in [-0.1, -0.05) is 51.7 Å². The van der Waals surface area contributed by atoms with Crippen LogP contribution >= 0.6 is 0 Å². The van der Waals surface area contributed by atoms with Crippen molar-refractivity contribution >= 4 is 0 Å². The van der Waals surface area contributed by atoms with Gasteiger partial charge in [-0.2, -0.15) is 0 Å². The molecule has 0 aromatic heterocycles. The zero-order valence-electron chi connectivity index (χ0n) is 18.3. The lowest BCUT2D eigenvalue weighted by atomic mass is 9.87. The molecule has 2 unspecified atom stereocenters. The van der Waals surface area contributed by atoms with Crippen molar-refractivity contribution in [1.82, 2.24) is 0 Å². The maximum atomic E-state index is 15.1. The van der Waals surface area contributed by atoms with Crippen LogP contribution in [-0.4, -0.2) is 12.7 Å². The molecule has 1 fully saturated rings. The summed E-state index contributed by atoms with van der Waals surface area (Å²) in [4.78, 5) is 0. The minimum atomic E-state index is -1.07. The molecule has 2 aromatic rings. The standard InChI is InChI=1S/C26H30F4O/c1-3-5-6-8-19-10-9-16(14-31-19)20-13-18-12-17-11-15(7-4-2)23(27)25(29)21(17)22(18)26(30)24(20)28/h11,13,16,19H,3-10,12,14H2,1-2H3. The third-order valence-corrected chi connectivity index (χ3v) is 6.77. The highest BCUT2D eigenvalue weighted by atomic mass is 19.2. The number of rotatable bonds is 7. The Labute approximate surface area is 181 Å². The van der Waals surface area contributed by atoms with Gasteiger partial charge in [-0.25, -0.2) is 17.6 Å². The average Bonchev–Trinajstić information content (AvgIpc) is 3.14. The molecule has 1 aliphatic carbocycles. The highest BCUT2D eigenvalue weighted by molar-refractivity contribution is 5.79. The normalized spacial score (nSPS) is 20.1. The second-order valence-electron chi connectivity index (χ2n) is 8.98. The van der Waals surface area contributed by atoms with Gasteiger partial charge in [0.2, 0.25) is 0 Å². The van der Waals surface area contributed by atoms with E-state index in [1.54, 1.807) is 12.1 Å². The van der Waals surface area contributed by atoms with Crippen LogP contribution in [-0.2, 0) is 17.6 Å². The van der Waals surface area contributed by atoms with E-state index in [9.17, 15) is 8.78 Å². The van der Waals surface area contributed by atoms with Crippen molar-refractivity contribution in [2.75, 3.05) is 6.61 Å². The largest absolute Gasteiger partial charge is 0.378 e. The molecular formula is C26H30F4O. The second kappa shape index (κ2) is 9.32. The first-order valence-electron chi connectivity index (χ1n) is 11.6. The van der Waals surface area contributed by atoms with Crippen molar-refractivity contribution < 1.29 is 22.3 Å². The summed E-state index contributed by atoms with van der Waals surface area (Å²) in [6.45, 7) is 4.41. The maximum Gasteiger partial charge on any atom is 0.167 e. The summed E-state index contributed by atoms with van der Waals surface area (Å²) in [7, 11) is 0. The summed E-state index contributed by atoms with van der Waals surface area (Å²) in [5, 5.41) is 0. The van der Waals surface area contributed by atoms with E-state index in [1.165, 1.54) is 6.42 Å². The summed E-state index contributed by atoms with van der Waals surface area (Å²) in [6.07, 6.45) is 7.57. The molecule has 4 rings (SSSR count). The first-order valence-corrected chi connectivity index (χ1v) is 11.6. The van der Waals surface area contributed by atoms with Crippen LogP contribution in [0.2, 0.25) is 0 Å². The van der Waals surface area contributed by atoms with Gasteiger partial charge in [-0.15, -0.1) is 0 Å². The predicted molar refractivity (Wildman–Crippen MR) is 114 cm³/mol. The SMILES string of the molecule is CCCCCC1CCC(c2cc3c(c(F)c2F)-c2c(cc(CCC)c(F)c2F)C3)CO1. The van der Waals surface area contributed by atoms with E-state index in [4.69, 9.17) is 4.74 Å². The van der Waals surface area contributed by atoms with Gasteiger partial charge in [0.25, 0.3) is 0 Å². The number of aryl methyl sites for hydroxylation is 1. The fourth-order valence-corrected chi connectivity index (χ4v) is 5.11. The topological polar surface area (TPSA) is 9.23 Å². The Bertz CT molecular complexity index is 961. The number of halogens is 4. The van der Waals surface area contributed by atoms with Gasteiger partial charge in [-0.3, -0.25) is 0 Å². The van der Waals surface area contributed by atoms with Crippen LogP contribution in [0, 0.1) is 23.3 Å². The molecular weight excluding hydrogens is 404 g/mol. The first kappa shape index (κ1) is 22.3. The zero-order valence-corrected chi connectivity index (χ0v) is 18.3. The Morgan fingerprint density at radius 3 is 2.19 bits per heavy atom. The molecule has 0 bridgehead atoms. The molecule has 2 atom stereocenters. The van der Waals surface area contributed by atoms with E-state index in [1.807, 2.05) is 6.92 Å². The van der Waals surface area contributed by atoms with Crippen LogP contribution < -0.4 is 0 Å². The summed E-state index contributed by atoms with van der Waals surface area (Å²) >= 11 is 0. The molecule has 2 aliphatic rings. The Hall–Kier alpha value is -1.88. The smallest absolute Gasteiger partial charge is 0.167 e. The molecule has 168 valence electrons. The van der Waals surface area contributed by atoms with Crippen LogP contribution in [0.3, 0.4) is 0 Å². The Morgan fingerprint density at radius 1 is 0.839 bits per heavy atom. The molecule has 5 heteroatoms. The molecule has 0 radical (unpaired) electrons. The highest BCUT2D eigenvalue weighted by Crippen LogP contribution is 2.45. The molecule has 31 heavy (non-hydrogen) atoms. The van der Waals surface area contributed by atoms with Gasteiger partial charge in [0, 0.05) is 17.0 Å². The van der Waals surface area contributed by atoms with Crippen LogP contribution in [0.25, 0.3) is 11.1 Å². The van der Waals surface area contributed by atoms with Crippen LogP contribution in [0.1, 0.15) is 87.0 Å². The van der Waals surface area contributed by atoms with Crippen LogP contribution in [0.4, 0.5) is 17.6 Å². The molecule has 0 spiro atoms. The van der Waals surface area contributed by atoms with E-state index >= 15 is 8.78 Å². The average molecular weight is 435 g/mol. The minimum absolute atomic E-state index is 0.119. The third-order valence-electron chi connectivity index (χ3n) is 6.77. The number of benzene rings is 2. The number of hydrogen-bond donors (Lipinski definition) is 0. The third kappa shape index (κ3) is 4.13. The lowest BCUT2D eigenvalue weighted by molar-refractivity contribution is -0.00278. The Kier molecular flexibility index (Phi) is 6.71. The molecule has 1 heterocycles. The summed E-state index contributed by atoms with van der Waals surface area (Å²) in [5.41, 5.74) is 1.41. The van der Waals surface area contributed by atoms with Crippen LogP contribution in [0.5, 0.6) is 0 Å². The quantitative estimate of drug-likeness (QED) is 0.275. The van der Waals surface area contributed by atoms with Crippen molar-refractivity contribution in [1.29, 1.82) is 0 Å². The number of hydrogen-bond acceptors (Lipinski definition) is 1. The van der Waals surface area contributed by atoms with Crippen molar-refractivity contribution in [3.63, 3.8) is 0 Å². The zero-order chi connectivity index (χ0) is 22.1. The van der Waals surface area contributed by atoms with Gasteiger partial charge in [-0.05, 0) is 54.4 Å². The van der Waals surface area contributed by atoms with Gasteiger partial charge in [0.1, 0.15) is 0 Å². The van der Waals surface area contributed by atoms with Gasteiger partial charge < -0.3 is 4.74 Å². The fraction of sp³-hybridized carbons (Fsp3) is 0.538. The van der Waals surface area contributed by atoms with E-state index < -0.39 is 23.3 Å². The molecule has 1 nitrogen and oxygen atoms in total. The van der Waals surface area contributed by atoms with E-state index in [-0.39, 0.29) is 29.6 Å². The monoisotopic (exact) mass is 434 g/mol. The van der Waals surface area contributed by atoms with Gasteiger partial charge in [0.05, 0.1) is 12.7 Å². The van der Waals surface area contributed by atoms with Crippen LogP contribution in [0.15, 0.2) is 12.1 Å². The molecule has 1 saturated heterocycles. The van der Waals surface area contributed by atoms with E-state index in [2.05, 4.69) is 6.92 Å². The lowest BCUT2D eigenvalue weighted by Crippen LogP contribution is -2.25. The molecule has 1 aliphatic heterocycles. The van der Waals surface area contributed by atoms with Crippen molar-refractivity contribution in [2.45, 2.75) is 83.7 Å². The van der Waals surface area contributed by atoms with Gasteiger partial charge >= 0.3 is 0 Å². The number of fused-ring (bicyclic) bond motifs is 3. The Morgan fingerprint density at radius 2 is 1.55 bits per heavy atom. The van der Waals surface area contributed by atoms with Crippen molar-refractivity contribution in [2.24, 2.45) is 0 Å². The van der Waals surface area contributed by atoms with Crippen molar-refractivity contribution in [3.05, 3.63) is 57.7 Å². The Balaban J connectivity index is 1.60. The molecule has 0 saturated carbocycles. The second-order valence-corrected chi connectivity index (χ2v) is 8.98. The minimum Gasteiger partial charge on any atom is -0.378 e. The summed E-state index contributed by atoms with van der Waals surface area (Å²) in [5.74, 6) is -4.27. The predicted octanol–water partition coefficient (Wildman–Crippen LogP) is 7.61. The highest BCUT2D eigenvalue weighted by Gasteiger charge is 2.34. The fourth-order valence-electron chi connectivity index (χ4n) is 5.11. The number of unbranched alkanes of at least 4 members (excludes halogenated alkanes) is 2. The summed E-state index contributed by atoms with van der Waals surface area (Å²) in [6, 6.07) is 3.26. The lowest BCUT2D eigenvalue weighted by Gasteiger charge is -2.30. The molecule has 2 aromatic carbocycles. The van der Waals surface area contributed by atoms with E-state index in [0.29, 0.717) is 41.7 Å². The summed E-state index contributed by atoms with van der Waals surface area (Å²) < 4.78 is 65.4.